The van der Waals surface area contributed by atoms with Gasteiger partial charge < -0.3 is 10.2 Å². The number of hydrogen-bond acceptors (Lipinski definition) is 2. The van der Waals surface area contributed by atoms with Gasteiger partial charge in [-0.3, -0.25) is 0 Å². The first kappa shape index (κ1) is 17.2. The summed E-state index contributed by atoms with van der Waals surface area (Å²) in [6.45, 7) is 13.4. The minimum absolute atomic E-state index is 0.398. The van der Waals surface area contributed by atoms with Crippen LogP contribution in [0.5, 0.6) is 0 Å². The van der Waals surface area contributed by atoms with Crippen molar-refractivity contribution in [2.24, 2.45) is 5.92 Å². The molecule has 0 aliphatic carbocycles. The molecule has 3 unspecified atom stereocenters. The summed E-state index contributed by atoms with van der Waals surface area (Å²) >= 11 is 0. The third kappa shape index (κ3) is 4.92. The second kappa shape index (κ2) is 8.43. The van der Waals surface area contributed by atoms with Gasteiger partial charge in [-0.15, -0.1) is 0 Å². The van der Waals surface area contributed by atoms with E-state index in [1.165, 1.54) is 17.5 Å². The second-order valence-corrected chi connectivity index (χ2v) is 6.14. The summed E-state index contributed by atoms with van der Waals surface area (Å²) < 4.78 is 0. The predicted octanol–water partition coefficient (Wildman–Crippen LogP) is 4.01. The van der Waals surface area contributed by atoms with Crippen molar-refractivity contribution in [3.05, 3.63) is 35.4 Å². The summed E-state index contributed by atoms with van der Waals surface area (Å²) in [6, 6.07) is 9.83. The first-order valence-electron chi connectivity index (χ1n) is 7.99. The van der Waals surface area contributed by atoms with Crippen LogP contribution in [0.1, 0.15) is 51.3 Å². The number of nitrogens with zero attached hydrogens (tertiary/aromatic N) is 1. The minimum Gasteiger partial charge on any atom is -0.309 e. The molecule has 1 aromatic rings. The smallest absolute Gasteiger partial charge is 0.0475 e. The molecule has 0 saturated heterocycles. The molecule has 0 amide bonds. The maximum absolute atomic E-state index is 3.65. The van der Waals surface area contributed by atoms with E-state index in [4.69, 9.17) is 0 Å². The average Bonchev–Trinajstić information content (AvgIpc) is 2.45. The van der Waals surface area contributed by atoms with Crippen LogP contribution in [0.4, 0.5) is 0 Å². The van der Waals surface area contributed by atoms with Crippen LogP contribution in [-0.2, 0) is 0 Å². The molecule has 0 heterocycles. The van der Waals surface area contributed by atoms with Gasteiger partial charge in [0.2, 0.25) is 0 Å². The van der Waals surface area contributed by atoms with Crippen molar-refractivity contribution in [1.82, 2.24) is 10.2 Å². The lowest BCUT2D eigenvalue weighted by molar-refractivity contribution is 0.182. The van der Waals surface area contributed by atoms with Gasteiger partial charge in [0.05, 0.1) is 0 Å². The number of benzene rings is 1. The van der Waals surface area contributed by atoms with Gasteiger partial charge in [0.15, 0.2) is 0 Å². The van der Waals surface area contributed by atoms with E-state index < -0.39 is 0 Å². The number of rotatable bonds is 8. The fourth-order valence-electron chi connectivity index (χ4n) is 2.60. The number of hydrogen-bond donors (Lipinski definition) is 1. The Labute approximate surface area is 125 Å². The minimum atomic E-state index is 0.398. The summed E-state index contributed by atoms with van der Waals surface area (Å²) in [4.78, 5) is 2.49. The lowest BCUT2D eigenvalue weighted by Crippen LogP contribution is -2.42. The molecule has 0 radical (unpaired) electrons. The quantitative estimate of drug-likeness (QED) is 0.771. The van der Waals surface area contributed by atoms with Gasteiger partial charge in [0.25, 0.3) is 0 Å². The third-order valence-electron chi connectivity index (χ3n) is 4.33. The first-order chi connectivity index (χ1) is 9.49. The lowest BCUT2D eigenvalue weighted by Gasteiger charge is -2.34. The summed E-state index contributed by atoms with van der Waals surface area (Å²) in [5.74, 6) is 0.753. The SMILES string of the molecule is CCNC(c1ccc(C)cc1)C(C)N(C)CC(C)CC. The fourth-order valence-corrected chi connectivity index (χ4v) is 2.60. The molecule has 0 spiro atoms. The first-order valence-corrected chi connectivity index (χ1v) is 7.99. The standard InChI is InChI=1S/C18H32N2/c1-7-14(3)13-20(6)16(5)18(19-8-2)17-11-9-15(4)10-12-17/h9-12,14,16,18-19H,7-8,13H2,1-6H3. The van der Waals surface area contributed by atoms with Gasteiger partial charge in [-0.05, 0) is 38.9 Å². The topological polar surface area (TPSA) is 15.3 Å². The van der Waals surface area contributed by atoms with Crippen molar-refractivity contribution in [3.63, 3.8) is 0 Å². The van der Waals surface area contributed by atoms with E-state index in [-0.39, 0.29) is 0 Å². The number of likely N-dealkylation sites (N-methyl/N-ethyl adjacent to an activating group) is 2. The molecule has 2 nitrogen and oxygen atoms in total. The third-order valence-corrected chi connectivity index (χ3v) is 4.33. The van der Waals surface area contributed by atoms with Crippen LogP contribution in [0.15, 0.2) is 24.3 Å². The molecule has 20 heavy (non-hydrogen) atoms. The highest BCUT2D eigenvalue weighted by atomic mass is 15.2. The van der Waals surface area contributed by atoms with E-state index >= 15 is 0 Å². The predicted molar refractivity (Wildman–Crippen MR) is 89.1 cm³/mol. The van der Waals surface area contributed by atoms with Gasteiger partial charge >= 0.3 is 0 Å². The Kier molecular flexibility index (Phi) is 7.25. The summed E-state index contributed by atoms with van der Waals surface area (Å²) in [5, 5.41) is 3.65. The molecule has 2 heteroatoms. The maximum Gasteiger partial charge on any atom is 0.0475 e. The molecule has 1 aromatic carbocycles. The Hall–Kier alpha value is -0.860. The Morgan fingerprint density at radius 3 is 2.20 bits per heavy atom. The molecule has 0 saturated carbocycles. The van der Waals surface area contributed by atoms with Crippen LogP contribution in [0.2, 0.25) is 0 Å². The maximum atomic E-state index is 3.65. The Morgan fingerprint density at radius 2 is 1.70 bits per heavy atom. The van der Waals surface area contributed by atoms with Gasteiger partial charge in [-0.25, -0.2) is 0 Å². The normalized spacial score (nSPS) is 16.1. The average molecular weight is 276 g/mol. The molecule has 0 fully saturated rings. The monoisotopic (exact) mass is 276 g/mol. The van der Waals surface area contributed by atoms with E-state index in [0.717, 1.165) is 19.0 Å². The van der Waals surface area contributed by atoms with Crippen LogP contribution in [0, 0.1) is 12.8 Å². The molecule has 0 aliphatic rings. The molecule has 0 aromatic heterocycles. The lowest BCUT2D eigenvalue weighted by atomic mass is 9.97. The van der Waals surface area contributed by atoms with E-state index in [1.54, 1.807) is 0 Å². The Balaban J connectivity index is 2.81. The Bertz CT molecular complexity index is 372. The fraction of sp³-hybridized carbons (Fsp3) is 0.667. The van der Waals surface area contributed by atoms with Crippen LogP contribution in [-0.4, -0.2) is 31.1 Å². The van der Waals surface area contributed by atoms with Gasteiger partial charge in [-0.2, -0.15) is 0 Å². The van der Waals surface area contributed by atoms with Crippen molar-refractivity contribution in [2.45, 2.75) is 53.1 Å². The Morgan fingerprint density at radius 1 is 1.10 bits per heavy atom. The summed E-state index contributed by atoms with van der Waals surface area (Å²) in [7, 11) is 2.25. The highest BCUT2D eigenvalue weighted by Gasteiger charge is 2.22. The molecule has 1 N–H and O–H groups in total. The van der Waals surface area contributed by atoms with E-state index in [2.05, 4.69) is 76.1 Å². The van der Waals surface area contributed by atoms with Gasteiger partial charge in [0, 0.05) is 18.6 Å². The van der Waals surface area contributed by atoms with Crippen molar-refractivity contribution >= 4 is 0 Å². The molecule has 114 valence electrons. The molecule has 1 rings (SSSR count). The molecule has 3 atom stereocenters. The van der Waals surface area contributed by atoms with Crippen molar-refractivity contribution in [1.29, 1.82) is 0 Å². The highest BCUT2D eigenvalue weighted by molar-refractivity contribution is 5.25. The van der Waals surface area contributed by atoms with Gasteiger partial charge in [-0.1, -0.05) is 57.0 Å². The van der Waals surface area contributed by atoms with Crippen molar-refractivity contribution in [2.75, 3.05) is 20.1 Å². The van der Waals surface area contributed by atoms with Crippen molar-refractivity contribution < 1.29 is 0 Å². The number of nitrogens with one attached hydrogen (secondary N) is 1. The second-order valence-electron chi connectivity index (χ2n) is 6.14. The van der Waals surface area contributed by atoms with Crippen LogP contribution < -0.4 is 5.32 Å². The number of aryl methyl sites for hydroxylation is 1. The zero-order chi connectivity index (χ0) is 15.1. The largest absolute Gasteiger partial charge is 0.309 e. The molecule has 0 bridgehead atoms. The summed E-state index contributed by atoms with van der Waals surface area (Å²) in [6.07, 6.45) is 1.24. The molecular weight excluding hydrogens is 244 g/mol. The highest BCUT2D eigenvalue weighted by Crippen LogP contribution is 2.22. The van der Waals surface area contributed by atoms with Crippen LogP contribution in [0.3, 0.4) is 0 Å². The zero-order valence-corrected chi connectivity index (χ0v) is 14.1. The molecular formula is C18H32N2. The van der Waals surface area contributed by atoms with Crippen LogP contribution in [0.25, 0.3) is 0 Å². The summed E-state index contributed by atoms with van der Waals surface area (Å²) in [5.41, 5.74) is 2.71. The van der Waals surface area contributed by atoms with Crippen molar-refractivity contribution in [3.8, 4) is 0 Å². The van der Waals surface area contributed by atoms with Crippen LogP contribution >= 0.6 is 0 Å². The van der Waals surface area contributed by atoms with E-state index in [0.29, 0.717) is 12.1 Å². The zero-order valence-electron chi connectivity index (χ0n) is 14.1. The van der Waals surface area contributed by atoms with E-state index in [1.807, 2.05) is 0 Å². The van der Waals surface area contributed by atoms with E-state index in [9.17, 15) is 0 Å². The molecule has 0 aliphatic heterocycles. The van der Waals surface area contributed by atoms with Gasteiger partial charge in [0.1, 0.15) is 0 Å².